The number of hydrogen-bond donors (Lipinski definition) is 0. The highest BCUT2D eigenvalue weighted by molar-refractivity contribution is 7.98. The first-order chi connectivity index (χ1) is 6.24. The van der Waals surface area contributed by atoms with Crippen molar-refractivity contribution in [3.63, 3.8) is 0 Å². The zero-order valence-electron chi connectivity index (χ0n) is 7.95. The van der Waals surface area contributed by atoms with Gasteiger partial charge >= 0.3 is 0 Å². The number of benzene rings is 1. The van der Waals surface area contributed by atoms with E-state index in [2.05, 4.69) is 44.8 Å². The van der Waals surface area contributed by atoms with E-state index in [9.17, 15) is 0 Å². The Kier molecular flexibility index (Phi) is 4.47. The standard InChI is InChI=1S/C10H14NPS/c1-8(12)11-7-9-5-3-4-6-10(9)13-2/h3-6H,7,12H2,1-2H3. The molecule has 0 bridgehead atoms. The molecule has 1 aromatic carbocycles. The van der Waals surface area contributed by atoms with Crippen molar-refractivity contribution in [2.75, 3.05) is 6.26 Å². The second kappa shape index (κ2) is 5.41. The molecule has 0 saturated carbocycles. The molecule has 1 unspecified atom stereocenters. The Morgan fingerprint density at radius 2 is 2.15 bits per heavy atom. The third-order valence-electron chi connectivity index (χ3n) is 1.69. The quantitative estimate of drug-likeness (QED) is 0.425. The first-order valence-corrected chi connectivity index (χ1v) is 5.92. The number of aliphatic imine (C=N–C) groups is 1. The van der Waals surface area contributed by atoms with Crippen molar-refractivity contribution in [3.05, 3.63) is 29.8 Å². The van der Waals surface area contributed by atoms with Gasteiger partial charge in [-0.05, 0) is 24.8 Å². The van der Waals surface area contributed by atoms with Gasteiger partial charge in [0.25, 0.3) is 0 Å². The predicted octanol–water partition coefficient (Wildman–Crippen LogP) is 3.20. The highest BCUT2D eigenvalue weighted by Gasteiger charge is 1.97. The normalized spacial score (nSPS) is 11.8. The fraction of sp³-hybridized carbons (Fsp3) is 0.300. The summed E-state index contributed by atoms with van der Waals surface area (Å²) >= 11 is 1.77. The molecule has 3 heteroatoms. The van der Waals surface area contributed by atoms with E-state index >= 15 is 0 Å². The van der Waals surface area contributed by atoms with Crippen LogP contribution in [-0.2, 0) is 6.54 Å². The average Bonchev–Trinajstić information content (AvgIpc) is 2.15. The van der Waals surface area contributed by atoms with Crippen molar-refractivity contribution < 1.29 is 0 Å². The molecular weight excluding hydrogens is 197 g/mol. The average molecular weight is 211 g/mol. The molecule has 0 N–H and O–H groups in total. The molecule has 1 nitrogen and oxygen atoms in total. The van der Waals surface area contributed by atoms with E-state index in [0.717, 1.165) is 12.0 Å². The molecule has 1 atom stereocenters. The minimum absolute atomic E-state index is 0.784. The van der Waals surface area contributed by atoms with Gasteiger partial charge in [-0.1, -0.05) is 27.4 Å². The summed E-state index contributed by atoms with van der Waals surface area (Å²) in [5.74, 6) is 0. The Balaban J connectivity index is 2.81. The fourth-order valence-corrected chi connectivity index (χ4v) is 1.74. The van der Waals surface area contributed by atoms with Crippen LogP contribution in [0.1, 0.15) is 12.5 Å². The molecule has 13 heavy (non-hydrogen) atoms. The van der Waals surface area contributed by atoms with Gasteiger partial charge < -0.3 is 0 Å². The van der Waals surface area contributed by atoms with Crippen molar-refractivity contribution in [2.24, 2.45) is 4.99 Å². The van der Waals surface area contributed by atoms with Crippen LogP contribution in [0, 0.1) is 0 Å². The summed E-state index contributed by atoms with van der Waals surface area (Å²) in [6, 6.07) is 8.38. The van der Waals surface area contributed by atoms with Crippen LogP contribution in [0.2, 0.25) is 0 Å². The van der Waals surface area contributed by atoms with E-state index in [0.29, 0.717) is 0 Å². The van der Waals surface area contributed by atoms with Gasteiger partial charge in [0.2, 0.25) is 0 Å². The maximum atomic E-state index is 4.37. The van der Waals surface area contributed by atoms with Crippen molar-refractivity contribution in [1.29, 1.82) is 0 Å². The Bertz CT molecular complexity index is 306. The Morgan fingerprint density at radius 3 is 2.77 bits per heavy atom. The lowest BCUT2D eigenvalue weighted by Crippen LogP contribution is -1.86. The minimum Gasteiger partial charge on any atom is -0.285 e. The van der Waals surface area contributed by atoms with Crippen LogP contribution in [0.25, 0.3) is 0 Å². The summed E-state index contributed by atoms with van der Waals surface area (Å²) in [6.07, 6.45) is 2.09. The third-order valence-corrected chi connectivity index (χ3v) is 2.71. The molecular formula is C10H14NPS. The van der Waals surface area contributed by atoms with Gasteiger partial charge in [0, 0.05) is 10.3 Å². The molecule has 70 valence electrons. The summed E-state index contributed by atoms with van der Waals surface area (Å²) in [4.78, 5) is 5.69. The third kappa shape index (κ3) is 3.50. The highest BCUT2D eigenvalue weighted by atomic mass is 32.2. The van der Waals surface area contributed by atoms with E-state index in [-0.39, 0.29) is 0 Å². The summed E-state index contributed by atoms with van der Waals surface area (Å²) in [6.45, 7) is 2.78. The van der Waals surface area contributed by atoms with Gasteiger partial charge in [0.05, 0.1) is 6.54 Å². The van der Waals surface area contributed by atoms with E-state index < -0.39 is 0 Å². The molecule has 0 amide bonds. The van der Waals surface area contributed by atoms with Gasteiger partial charge in [-0.2, -0.15) is 0 Å². The molecule has 0 aliphatic rings. The van der Waals surface area contributed by atoms with Gasteiger partial charge in [-0.25, -0.2) is 0 Å². The number of rotatable bonds is 3. The Hall–Kier alpha value is -0.330. The molecule has 1 rings (SSSR count). The molecule has 0 aromatic heterocycles. The number of thioether (sulfide) groups is 1. The summed E-state index contributed by atoms with van der Waals surface area (Å²) in [5, 5.41) is 0. The lowest BCUT2D eigenvalue weighted by atomic mass is 10.2. The maximum Gasteiger partial charge on any atom is 0.0653 e. The largest absolute Gasteiger partial charge is 0.285 e. The van der Waals surface area contributed by atoms with E-state index in [4.69, 9.17) is 0 Å². The second-order valence-corrected chi connectivity index (χ2v) is 4.45. The first-order valence-electron chi connectivity index (χ1n) is 4.12. The van der Waals surface area contributed by atoms with Gasteiger partial charge in [0.15, 0.2) is 0 Å². The maximum absolute atomic E-state index is 4.37. The molecule has 0 fully saturated rings. The van der Waals surface area contributed by atoms with E-state index in [1.165, 1.54) is 10.5 Å². The van der Waals surface area contributed by atoms with Crippen LogP contribution in [-0.4, -0.2) is 11.7 Å². The van der Waals surface area contributed by atoms with Crippen molar-refractivity contribution in [3.8, 4) is 0 Å². The topological polar surface area (TPSA) is 12.4 Å². The smallest absolute Gasteiger partial charge is 0.0653 e. The SMILES string of the molecule is CSc1ccccc1CN=C(C)P. The molecule has 0 saturated heterocycles. The van der Waals surface area contributed by atoms with Crippen molar-refractivity contribution in [1.82, 2.24) is 0 Å². The molecule has 0 aliphatic heterocycles. The van der Waals surface area contributed by atoms with Crippen LogP contribution < -0.4 is 0 Å². The van der Waals surface area contributed by atoms with Gasteiger partial charge in [-0.3, -0.25) is 4.99 Å². The lowest BCUT2D eigenvalue weighted by molar-refractivity contribution is 1.03. The molecule has 0 heterocycles. The van der Waals surface area contributed by atoms with Gasteiger partial charge in [0.1, 0.15) is 0 Å². The molecule has 0 radical (unpaired) electrons. The zero-order valence-corrected chi connectivity index (χ0v) is 9.92. The Labute approximate surface area is 86.2 Å². The van der Waals surface area contributed by atoms with Crippen LogP contribution in [0.15, 0.2) is 34.2 Å². The van der Waals surface area contributed by atoms with Crippen LogP contribution in [0.5, 0.6) is 0 Å². The van der Waals surface area contributed by atoms with Crippen LogP contribution in [0.3, 0.4) is 0 Å². The monoisotopic (exact) mass is 211 g/mol. The Morgan fingerprint density at radius 1 is 1.46 bits per heavy atom. The molecule has 0 aliphatic carbocycles. The van der Waals surface area contributed by atoms with Crippen molar-refractivity contribution >= 4 is 26.5 Å². The zero-order chi connectivity index (χ0) is 9.68. The van der Waals surface area contributed by atoms with Crippen molar-refractivity contribution in [2.45, 2.75) is 18.4 Å². The minimum atomic E-state index is 0.784. The second-order valence-electron chi connectivity index (χ2n) is 2.77. The lowest BCUT2D eigenvalue weighted by Gasteiger charge is -2.03. The fourth-order valence-electron chi connectivity index (χ4n) is 1.04. The summed E-state index contributed by atoms with van der Waals surface area (Å²) in [7, 11) is 2.60. The van der Waals surface area contributed by atoms with Crippen LogP contribution in [0.4, 0.5) is 0 Å². The van der Waals surface area contributed by atoms with Crippen LogP contribution >= 0.6 is 21.0 Å². The van der Waals surface area contributed by atoms with E-state index in [1.54, 1.807) is 11.8 Å². The molecule has 1 aromatic rings. The van der Waals surface area contributed by atoms with Gasteiger partial charge in [-0.15, -0.1) is 11.8 Å². The van der Waals surface area contributed by atoms with E-state index in [1.807, 2.05) is 6.92 Å². The molecule has 0 spiro atoms. The number of hydrogen-bond acceptors (Lipinski definition) is 2. The highest BCUT2D eigenvalue weighted by Crippen LogP contribution is 2.20. The predicted molar refractivity (Wildman–Crippen MR) is 64.7 cm³/mol. The summed E-state index contributed by atoms with van der Waals surface area (Å²) in [5.41, 5.74) is 2.35. The number of nitrogens with zero attached hydrogens (tertiary/aromatic N) is 1. The first kappa shape index (κ1) is 10.7. The summed E-state index contributed by atoms with van der Waals surface area (Å²) < 4.78 is 0.